The molecule has 0 fully saturated rings. The lowest BCUT2D eigenvalue weighted by Gasteiger charge is -2.11. The molecular weight excluding hydrogens is 242 g/mol. The zero-order chi connectivity index (χ0) is 10.3. The molecular formula is C11H12BrNO. The van der Waals surface area contributed by atoms with Gasteiger partial charge in [0, 0.05) is 23.8 Å². The number of benzene rings is 1. The van der Waals surface area contributed by atoms with Crippen LogP contribution in [0.2, 0.25) is 0 Å². The largest absolute Gasteiger partial charge is 0.373 e. The number of carbonyl (C=O) groups excluding carboxylic acids is 1. The maximum Gasteiger partial charge on any atom is 0.139 e. The van der Waals surface area contributed by atoms with E-state index in [1.54, 1.807) is 6.92 Å². The van der Waals surface area contributed by atoms with Crippen LogP contribution in [0.1, 0.15) is 18.4 Å². The van der Waals surface area contributed by atoms with Crippen LogP contribution in [-0.2, 0) is 4.79 Å². The molecule has 1 heterocycles. The summed E-state index contributed by atoms with van der Waals surface area (Å²) in [5.74, 6) is 0.293. The lowest BCUT2D eigenvalue weighted by atomic mass is 9.98. The molecule has 74 valence electrons. The van der Waals surface area contributed by atoms with Crippen molar-refractivity contribution in [3.05, 3.63) is 28.2 Å². The molecule has 0 amide bonds. The van der Waals surface area contributed by atoms with Gasteiger partial charge in [0.25, 0.3) is 0 Å². The van der Waals surface area contributed by atoms with Crippen molar-refractivity contribution in [3.8, 4) is 0 Å². The van der Waals surface area contributed by atoms with Gasteiger partial charge in [-0.3, -0.25) is 4.79 Å². The monoisotopic (exact) mass is 253 g/mol. The summed E-state index contributed by atoms with van der Waals surface area (Å²) in [6.45, 7) is 2.47. The van der Waals surface area contributed by atoms with Crippen LogP contribution < -0.4 is 4.90 Å². The number of ketones is 1. The van der Waals surface area contributed by atoms with Gasteiger partial charge in [-0.05, 0) is 30.7 Å². The van der Waals surface area contributed by atoms with Crippen molar-refractivity contribution in [3.63, 3.8) is 0 Å². The fraction of sp³-hybridized carbons (Fsp3) is 0.364. The highest BCUT2D eigenvalue weighted by atomic mass is 79.9. The third-order valence-corrected chi connectivity index (χ3v) is 3.22. The van der Waals surface area contributed by atoms with Crippen LogP contribution >= 0.6 is 15.9 Å². The molecule has 0 radical (unpaired) electrons. The number of fused-ring (bicyclic) bond motifs is 1. The number of hydrogen-bond donors (Lipinski definition) is 0. The standard InChI is InChI=1S/C11H12BrNO/c1-7(14)10-6-13(2)11-4-3-8(12)5-9(10)11/h3-5,10H,6H2,1-2H3. The van der Waals surface area contributed by atoms with Crippen molar-refractivity contribution in [1.82, 2.24) is 0 Å². The molecule has 2 nitrogen and oxygen atoms in total. The zero-order valence-corrected chi connectivity index (χ0v) is 9.84. The Kier molecular flexibility index (Phi) is 2.35. The van der Waals surface area contributed by atoms with Gasteiger partial charge in [-0.25, -0.2) is 0 Å². The molecule has 1 unspecified atom stereocenters. The van der Waals surface area contributed by atoms with Crippen LogP contribution in [0.5, 0.6) is 0 Å². The number of likely N-dealkylation sites (N-methyl/N-ethyl adjacent to an activating group) is 1. The summed E-state index contributed by atoms with van der Waals surface area (Å²) < 4.78 is 1.04. The van der Waals surface area contributed by atoms with Gasteiger partial charge >= 0.3 is 0 Å². The first kappa shape index (κ1) is 9.71. The highest BCUT2D eigenvalue weighted by molar-refractivity contribution is 9.10. The Balaban J connectivity index is 2.51. The van der Waals surface area contributed by atoms with Crippen molar-refractivity contribution in [1.29, 1.82) is 0 Å². The van der Waals surface area contributed by atoms with E-state index < -0.39 is 0 Å². The molecule has 0 spiro atoms. The van der Waals surface area contributed by atoms with Crippen molar-refractivity contribution >= 4 is 27.4 Å². The summed E-state index contributed by atoms with van der Waals surface area (Å²) in [5, 5.41) is 0. The molecule has 1 aromatic rings. The first-order chi connectivity index (χ1) is 6.59. The van der Waals surface area contributed by atoms with E-state index >= 15 is 0 Å². The highest BCUT2D eigenvalue weighted by Crippen LogP contribution is 2.37. The Morgan fingerprint density at radius 3 is 2.93 bits per heavy atom. The van der Waals surface area contributed by atoms with E-state index in [2.05, 4.69) is 26.9 Å². The zero-order valence-electron chi connectivity index (χ0n) is 8.25. The Labute approximate surface area is 92.0 Å². The number of carbonyl (C=O) groups is 1. The van der Waals surface area contributed by atoms with E-state index in [-0.39, 0.29) is 11.7 Å². The average molecular weight is 254 g/mol. The van der Waals surface area contributed by atoms with Gasteiger partial charge in [-0.1, -0.05) is 15.9 Å². The molecule has 1 aliphatic heterocycles. The lowest BCUT2D eigenvalue weighted by molar-refractivity contribution is -0.118. The van der Waals surface area contributed by atoms with Crippen LogP contribution in [0.4, 0.5) is 5.69 Å². The molecule has 0 aliphatic carbocycles. The van der Waals surface area contributed by atoms with E-state index in [1.165, 1.54) is 5.69 Å². The van der Waals surface area contributed by atoms with Gasteiger partial charge in [0.15, 0.2) is 0 Å². The van der Waals surface area contributed by atoms with Crippen molar-refractivity contribution in [2.75, 3.05) is 18.5 Å². The predicted octanol–water partition coefficient (Wildman–Crippen LogP) is 2.57. The number of hydrogen-bond acceptors (Lipinski definition) is 2. The summed E-state index contributed by atoms with van der Waals surface area (Å²) in [4.78, 5) is 13.6. The van der Waals surface area contributed by atoms with Crippen LogP contribution in [0, 0.1) is 0 Å². The Hall–Kier alpha value is -0.830. The quantitative estimate of drug-likeness (QED) is 0.767. The Bertz CT molecular complexity index is 389. The summed E-state index contributed by atoms with van der Waals surface area (Å²) >= 11 is 3.43. The van der Waals surface area contributed by atoms with Gasteiger partial charge in [0.2, 0.25) is 0 Å². The topological polar surface area (TPSA) is 20.3 Å². The van der Waals surface area contributed by atoms with Crippen LogP contribution in [0.3, 0.4) is 0 Å². The normalized spacial score (nSPS) is 19.6. The molecule has 0 saturated carbocycles. The first-order valence-electron chi connectivity index (χ1n) is 4.60. The van der Waals surface area contributed by atoms with Crippen LogP contribution in [-0.4, -0.2) is 19.4 Å². The van der Waals surface area contributed by atoms with E-state index in [0.29, 0.717) is 0 Å². The second-order valence-corrected chi connectivity index (χ2v) is 4.66. The third-order valence-electron chi connectivity index (χ3n) is 2.72. The number of rotatable bonds is 1. The van der Waals surface area contributed by atoms with E-state index in [0.717, 1.165) is 16.6 Å². The van der Waals surface area contributed by atoms with Gasteiger partial charge < -0.3 is 4.90 Å². The molecule has 0 bridgehead atoms. The van der Waals surface area contributed by atoms with Crippen LogP contribution in [0.25, 0.3) is 0 Å². The number of nitrogens with zero attached hydrogens (tertiary/aromatic N) is 1. The van der Waals surface area contributed by atoms with E-state index in [4.69, 9.17) is 0 Å². The van der Waals surface area contributed by atoms with Gasteiger partial charge in [0.05, 0.1) is 5.92 Å². The smallest absolute Gasteiger partial charge is 0.139 e. The molecule has 14 heavy (non-hydrogen) atoms. The van der Waals surface area contributed by atoms with E-state index in [9.17, 15) is 4.79 Å². The second-order valence-electron chi connectivity index (χ2n) is 3.75. The van der Waals surface area contributed by atoms with Crippen molar-refractivity contribution < 1.29 is 4.79 Å². The molecule has 0 aromatic heterocycles. The molecule has 1 atom stereocenters. The first-order valence-corrected chi connectivity index (χ1v) is 5.40. The van der Waals surface area contributed by atoms with Crippen molar-refractivity contribution in [2.24, 2.45) is 0 Å². The molecule has 0 saturated heterocycles. The number of halogens is 1. The molecule has 3 heteroatoms. The summed E-state index contributed by atoms with van der Waals surface area (Å²) in [7, 11) is 2.02. The Morgan fingerprint density at radius 1 is 1.57 bits per heavy atom. The fourth-order valence-electron chi connectivity index (χ4n) is 1.97. The third kappa shape index (κ3) is 1.46. The molecule has 2 rings (SSSR count). The Morgan fingerprint density at radius 2 is 2.29 bits per heavy atom. The minimum atomic E-state index is 0.0486. The van der Waals surface area contributed by atoms with Gasteiger partial charge in [-0.2, -0.15) is 0 Å². The minimum Gasteiger partial charge on any atom is -0.373 e. The molecule has 1 aliphatic rings. The van der Waals surface area contributed by atoms with Crippen molar-refractivity contribution in [2.45, 2.75) is 12.8 Å². The average Bonchev–Trinajstić information content (AvgIpc) is 2.43. The fourth-order valence-corrected chi connectivity index (χ4v) is 2.35. The minimum absolute atomic E-state index is 0.0486. The summed E-state index contributed by atoms with van der Waals surface area (Å²) in [6.07, 6.45) is 0. The van der Waals surface area contributed by atoms with Crippen LogP contribution in [0.15, 0.2) is 22.7 Å². The second kappa shape index (κ2) is 3.39. The SMILES string of the molecule is CC(=O)C1CN(C)c2ccc(Br)cc21. The maximum atomic E-state index is 11.4. The number of anilines is 1. The van der Waals surface area contributed by atoms with Gasteiger partial charge in [0.1, 0.15) is 5.78 Å². The highest BCUT2D eigenvalue weighted by Gasteiger charge is 2.29. The molecule has 1 aromatic carbocycles. The molecule has 0 N–H and O–H groups in total. The van der Waals surface area contributed by atoms with E-state index in [1.807, 2.05) is 19.2 Å². The maximum absolute atomic E-state index is 11.4. The lowest BCUT2D eigenvalue weighted by Crippen LogP contribution is -2.18. The summed E-state index contributed by atoms with van der Waals surface area (Å²) in [6, 6.07) is 6.12. The number of Topliss-reactive ketones (excluding diaryl/α,β-unsaturated/α-hetero) is 1. The predicted molar refractivity (Wildman–Crippen MR) is 60.8 cm³/mol. The summed E-state index contributed by atoms with van der Waals surface area (Å²) in [5.41, 5.74) is 2.32. The van der Waals surface area contributed by atoms with Gasteiger partial charge in [-0.15, -0.1) is 0 Å².